The number of halogens is 4. The van der Waals surface area contributed by atoms with Crippen LogP contribution in [0.1, 0.15) is 23.2 Å². The predicted octanol–water partition coefficient (Wildman–Crippen LogP) is 4.23. The molecule has 0 saturated carbocycles. The van der Waals surface area contributed by atoms with Gasteiger partial charge in [-0.1, -0.05) is 23.7 Å². The number of nitrogens with one attached hydrogen (secondary N) is 1. The lowest BCUT2D eigenvalue weighted by Crippen LogP contribution is -2.49. The van der Waals surface area contributed by atoms with Crippen LogP contribution in [0.2, 0.25) is 5.02 Å². The summed E-state index contributed by atoms with van der Waals surface area (Å²) >= 11 is 5.73. The van der Waals surface area contributed by atoms with Crippen LogP contribution in [-0.2, 0) is 0 Å². The van der Waals surface area contributed by atoms with Gasteiger partial charge in [-0.2, -0.15) is 0 Å². The van der Waals surface area contributed by atoms with E-state index < -0.39 is 17.3 Å². The van der Waals surface area contributed by atoms with E-state index in [2.05, 4.69) is 5.32 Å². The van der Waals surface area contributed by atoms with Crippen LogP contribution in [0.5, 0.6) is 5.75 Å². The van der Waals surface area contributed by atoms with Gasteiger partial charge in [0.05, 0.1) is 5.02 Å². The summed E-state index contributed by atoms with van der Waals surface area (Å²) in [6.45, 7) is 1.23. The molecule has 0 bridgehead atoms. The van der Waals surface area contributed by atoms with Crippen molar-refractivity contribution in [3.05, 3.63) is 64.7 Å². The second-order valence-corrected chi connectivity index (χ2v) is 7.43. The summed E-state index contributed by atoms with van der Waals surface area (Å²) in [4.78, 5) is 14.0. The van der Waals surface area contributed by atoms with Crippen molar-refractivity contribution in [2.45, 2.75) is 18.5 Å². The number of piperidine rings is 1. The van der Waals surface area contributed by atoms with Gasteiger partial charge in [0.15, 0.2) is 11.6 Å². The zero-order valence-electron chi connectivity index (χ0n) is 15.8. The molecule has 0 radical (unpaired) electrons. The third-order valence-electron chi connectivity index (χ3n) is 4.93. The van der Waals surface area contributed by atoms with Crippen molar-refractivity contribution in [3.63, 3.8) is 0 Å². The van der Waals surface area contributed by atoms with Gasteiger partial charge in [0, 0.05) is 44.6 Å². The van der Waals surface area contributed by atoms with Crippen LogP contribution >= 0.6 is 11.6 Å². The molecule has 1 aliphatic rings. The number of para-hydroxylation sites is 1. The molecule has 0 spiro atoms. The van der Waals surface area contributed by atoms with Crippen molar-refractivity contribution >= 4 is 17.5 Å². The molecule has 29 heavy (non-hydrogen) atoms. The van der Waals surface area contributed by atoms with Gasteiger partial charge in [0.2, 0.25) is 0 Å². The quantitative estimate of drug-likeness (QED) is 0.674. The first-order valence-corrected chi connectivity index (χ1v) is 9.77. The molecule has 4 nitrogen and oxygen atoms in total. The smallest absolute Gasteiger partial charge is 0.253 e. The SMILES string of the molecule is O=C(c1ccc(F)c(Cl)c1)N1CCC(F)(CNCCOc2ccccc2F)CC1. The summed E-state index contributed by atoms with van der Waals surface area (Å²) < 4.78 is 47.0. The summed E-state index contributed by atoms with van der Waals surface area (Å²) in [5.74, 6) is -1.15. The molecule has 3 rings (SSSR count). The molecule has 0 unspecified atom stereocenters. The highest BCUT2D eigenvalue weighted by molar-refractivity contribution is 6.31. The Labute approximate surface area is 172 Å². The average molecular weight is 427 g/mol. The van der Waals surface area contributed by atoms with Gasteiger partial charge >= 0.3 is 0 Å². The maximum Gasteiger partial charge on any atom is 0.253 e. The van der Waals surface area contributed by atoms with Crippen LogP contribution in [0, 0.1) is 11.6 Å². The molecule has 0 atom stereocenters. The van der Waals surface area contributed by atoms with Gasteiger partial charge in [-0.25, -0.2) is 13.2 Å². The molecular weight excluding hydrogens is 405 g/mol. The molecule has 2 aromatic rings. The normalized spacial score (nSPS) is 15.9. The Morgan fingerprint density at radius 2 is 1.86 bits per heavy atom. The van der Waals surface area contributed by atoms with Gasteiger partial charge in [0.25, 0.3) is 5.91 Å². The third kappa shape index (κ3) is 5.64. The molecular formula is C21H22ClF3N2O2. The Morgan fingerprint density at radius 3 is 2.55 bits per heavy atom. The number of rotatable bonds is 7. The second-order valence-electron chi connectivity index (χ2n) is 7.03. The summed E-state index contributed by atoms with van der Waals surface area (Å²) in [6.07, 6.45) is 0.379. The number of ether oxygens (including phenoxy) is 1. The van der Waals surface area contributed by atoms with Crippen molar-refractivity contribution in [1.29, 1.82) is 0 Å². The number of hydrogen-bond acceptors (Lipinski definition) is 3. The van der Waals surface area contributed by atoms with Crippen LogP contribution in [0.3, 0.4) is 0 Å². The maximum absolute atomic E-state index is 15.0. The largest absolute Gasteiger partial charge is 0.489 e. The van der Waals surface area contributed by atoms with Crippen LogP contribution in [0.15, 0.2) is 42.5 Å². The molecule has 156 valence electrons. The van der Waals surface area contributed by atoms with Crippen LogP contribution in [-0.4, -0.2) is 49.3 Å². The molecule has 8 heteroatoms. The number of nitrogens with zero attached hydrogens (tertiary/aromatic N) is 1. The molecule has 1 aliphatic heterocycles. The van der Waals surface area contributed by atoms with E-state index in [0.29, 0.717) is 6.54 Å². The monoisotopic (exact) mass is 426 g/mol. The van der Waals surface area contributed by atoms with Gasteiger partial charge in [-0.15, -0.1) is 0 Å². The molecule has 1 heterocycles. The molecule has 0 aliphatic carbocycles. The standard InChI is InChI=1S/C21H22ClF3N2O2/c22-16-13-15(5-6-17(16)23)20(28)27-10-7-21(25,8-11-27)14-26-9-12-29-19-4-2-1-3-18(19)24/h1-6,13,26H,7-12,14H2. The van der Waals surface area contributed by atoms with Crippen molar-refractivity contribution in [2.75, 3.05) is 32.8 Å². The molecule has 1 saturated heterocycles. The van der Waals surface area contributed by atoms with E-state index in [1.54, 1.807) is 17.0 Å². The minimum atomic E-state index is -1.44. The van der Waals surface area contributed by atoms with Crippen molar-refractivity contribution in [2.24, 2.45) is 0 Å². The minimum absolute atomic E-state index is 0.116. The highest BCUT2D eigenvalue weighted by Gasteiger charge is 2.35. The Balaban J connectivity index is 1.41. The fourth-order valence-corrected chi connectivity index (χ4v) is 3.39. The summed E-state index contributed by atoms with van der Waals surface area (Å²) in [6, 6.07) is 9.91. The van der Waals surface area contributed by atoms with E-state index in [4.69, 9.17) is 16.3 Å². The van der Waals surface area contributed by atoms with Crippen molar-refractivity contribution in [3.8, 4) is 5.75 Å². The molecule has 0 aromatic heterocycles. The second kappa shape index (κ2) is 9.50. The van der Waals surface area contributed by atoms with E-state index in [9.17, 15) is 18.0 Å². The number of hydrogen-bond donors (Lipinski definition) is 1. The van der Waals surface area contributed by atoms with Crippen LogP contribution in [0.25, 0.3) is 0 Å². The molecule has 1 amide bonds. The number of likely N-dealkylation sites (tertiary alicyclic amines) is 1. The Hall–Kier alpha value is -2.25. The Morgan fingerprint density at radius 1 is 1.14 bits per heavy atom. The molecule has 2 aromatic carbocycles. The Bertz CT molecular complexity index is 858. The Kier molecular flexibility index (Phi) is 7.03. The fraction of sp³-hybridized carbons (Fsp3) is 0.381. The number of benzene rings is 2. The maximum atomic E-state index is 15.0. The zero-order valence-corrected chi connectivity index (χ0v) is 16.5. The third-order valence-corrected chi connectivity index (χ3v) is 5.22. The first-order chi connectivity index (χ1) is 13.9. The predicted molar refractivity (Wildman–Crippen MR) is 105 cm³/mol. The first-order valence-electron chi connectivity index (χ1n) is 9.39. The van der Waals surface area contributed by atoms with Crippen LogP contribution in [0.4, 0.5) is 13.2 Å². The fourth-order valence-electron chi connectivity index (χ4n) is 3.21. The topological polar surface area (TPSA) is 41.6 Å². The molecule has 1 N–H and O–H groups in total. The summed E-state index contributed by atoms with van der Waals surface area (Å²) in [5, 5.41) is 2.87. The minimum Gasteiger partial charge on any atom is -0.489 e. The lowest BCUT2D eigenvalue weighted by Gasteiger charge is -2.36. The van der Waals surface area contributed by atoms with E-state index >= 15 is 0 Å². The van der Waals surface area contributed by atoms with E-state index in [1.165, 1.54) is 24.3 Å². The summed E-state index contributed by atoms with van der Waals surface area (Å²) in [5.41, 5.74) is -1.15. The first kappa shape index (κ1) is 21.5. The highest BCUT2D eigenvalue weighted by Crippen LogP contribution is 2.27. The van der Waals surface area contributed by atoms with Gasteiger partial charge in [0.1, 0.15) is 18.1 Å². The molecule has 1 fully saturated rings. The number of carbonyl (C=O) groups excluding carboxylic acids is 1. The number of alkyl halides is 1. The zero-order chi connectivity index (χ0) is 20.9. The van der Waals surface area contributed by atoms with Gasteiger partial charge < -0.3 is 15.0 Å². The van der Waals surface area contributed by atoms with Gasteiger partial charge in [-0.3, -0.25) is 4.79 Å². The number of amides is 1. The van der Waals surface area contributed by atoms with Crippen LogP contribution < -0.4 is 10.1 Å². The van der Waals surface area contributed by atoms with Crippen molar-refractivity contribution < 1.29 is 22.7 Å². The van der Waals surface area contributed by atoms with Gasteiger partial charge in [-0.05, 0) is 30.3 Å². The number of carbonyl (C=O) groups is 1. The average Bonchev–Trinajstić information content (AvgIpc) is 2.71. The van der Waals surface area contributed by atoms with E-state index in [-0.39, 0.29) is 61.3 Å². The lowest BCUT2D eigenvalue weighted by molar-refractivity contribution is 0.0433. The van der Waals surface area contributed by atoms with E-state index in [0.717, 1.165) is 6.07 Å². The highest BCUT2D eigenvalue weighted by atomic mass is 35.5. The lowest BCUT2D eigenvalue weighted by atomic mass is 9.93. The summed E-state index contributed by atoms with van der Waals surface area (Å²) in [7, 11) is 0. The van der Waals surface area contributed by atoms with Crippen molar-refractivity contribution in [1.82, 2.24) is 10.2 Å². The van der Waals surface area contributed by atoms with E-state index in [1.807, 2.05) is 0 Å².